The Balaban J connectivity index is 2.48. The first kappa shape index (κ1) is 10.6. The minimum atomic E-state index is -0.0284. The molecule has 0 fully saturated rings. The maximum absolute atomic E-state index is 13.8. The topological polar surface area (TPSA) is 12.0 Å². The number of fused-ring (bicyclic) bond motifs is 1. The van der Waals surface area contributed by atoms with Crippen molar-refractivity contribution in [2.24, 2.45) is 0 Å². The Kier molecular flexibility index (Phi) is 3.06. The molecule has 2 atom stereocenters. The summed E-state index contributed by atoms with van der Waals surface area (Å²) in [5, 5.41) is 3.49. The normalized spacial score (nSPS) is 25.0. The molecule has 0 aliphatic carbocycles. The van der Waals surface area contributed by atoms with Gasteiger partial charge < -0.3 is 5.32 Å². The van der Waals surface area contributed by atoms with E-state index in [2.05, 4.69) is 25.2 Å². The molecule has 82 valence electrons. The fraction of sp³-hybridized carbons (Fsp3) is 0.538. The van der Waals surface area contributed by atoms with Gasteiger partial charge >= 0.3 is 0 Å². The van der Waals surface area contributed by atoms with Crippen molar-refractivity contribution < 1.29 is 4.39 Å². The van der Waals surface area contributed by atoms with Crippen molar-refractivity contribution in [1.82, 2.24) is 5.32 Å². The average molecular weight is 207 g/mol. The third kappa shape index (κ3) is 1.78. The Morgan fingerprint density at radius 2 is 2.13 bits per heavy atom. The number of nitrogens with one attached hydrogen (secondary N) is 1. The van der Waals surface area contributed by atoms with Gasteiger partial charge in [0.05, 0.1) is 0 Å². The molecule has 1 nitrogen and oxygen atoms in total. The number of halogens is 1. The van der Waals surface area contributed by atoms with Crippen LogP contribution >= 0.6 is 0 Å². The summed E-state index contributed by atoms with van der Waals surface area (Å²) in [4.78, 5) is 0. The lowest BCUT2D eigenvalue weighted by atomic mass is 9.84. The van der Waals surface area contributed by atoms with Gasteiger partial charge in [-0.25, -0.2) is 4.39 Å². The first-order valence-electron chi connectivity index (χ1n) is 5.79. The van der Waals surface area contributed by atoms with E-state index in [-0.39, 0.29) is 5.82 Å². The van der Waals surface area contributed by atoms with E-state index in [1.54, 1.807) is 6.07 Å². The largest absolute Gasteiger partial charge is 0.309 e. The summed E-state index contributed by atoms with van der Waals surface area (Å²) in [5.74, 6) is 0.309. The van der Waals surface area contributed by atoms with Crippen molar-refractivity contribution >= 4 is 0 Å². The van der Waals surface area contributed by atoms with Gasteiger partial charge in [0, 0.05) is 12.6 Å². The van der Waals surface area contributed by atoms with Crippen LogP contribution in [0.25, 0.3) is 0 Å². The molecule has 0 aromatic heterocycles. The predicted molar refractivity (Wildman–Crippen MR) is 60.5 cm³/mol. The Morgan fingerprint density at radius 1 is 1.33 bits per heavy atom. The van der Waals surface area contributed by atoms with Crippen molar-refractivity contribution in [3.8, 4) is 0 Å². The fourth-order valence-corrected chi connectivity index (χ4v) is 2.50. The highest BCUT2D eigenvalue weighted by Gasteiger charge is 2.26. The van der Waals surface area contributed by atoms with Gasteiger partial charge in [-0.15, -0.1) is 0 Å². The highest BCUT2D eigenvalue weighted by molar-refractivity contribution is 5.36. The zero-order valence-corrected chi connectivity index (χ0v) is 9.39. The lowest BCUT2D eigenvalue weighted by molar-refractivity contribution is 0.422. The molecule has 15 heavy (non-hydrogen) atoms. The number of benzene rings is 1. The van der Waals surface area contributed by atoms with Gasteiger partial charge in [-0.1, -0.05) is 26.0 Å². The highest BCUT2D eigenvalue weighted by Crippen LogP contribution is 2.34. The van der Waals surface area contributed by atoms with Crippen LogP contribution in [0.15, 0.2) is 18.2 Å². The van der Waals surface area contributed by atoms with Crippen molar-refractivity contribution in [3.63, 3.8) is 0 Å². The molecule has 0 saturated carbocycles. The van der Waals surface area contributed by atoms with Gasteiger partial charge in [-0.05, 0) is 36.0 Å². The molecule has 1 aromatic rings. The Bertz CT molecular complexity index is 348. The molecular formula is C13H18FN. The van der Waals surface area contributed by atoms with Gasteiger partial charge in [0.2, 0.25) is 0 Å². The molecule has 1 aliphatic heterocycles. The predicted octanol–water partition coefficient (Wildman–Crippen LogP) is 3.37. The Morgan fingerprint density at radius 3 is 2.80 bits per heavy atom. The highest BCUT2D eigenvalue weighted by atomic mass is 19.1. The minimum Gasteiger partial charge on any atom is -0.309 e. The van der Waals surface area contributed by atoms with Gasteiger partial charge in [0.15, 0.2) is 0 Å². The number of hydrogen-bond acceptors (Lipinski definition) is 1. The summed E-state index contributed by atoms with van der Waals surface area (Å²) in [6, 6.07) is 5.79. The van der Waals surface area contributed by atoms with Gasteiger partial charge in [0.1, 0.15) is 5.82 Å². The van der Waals surface area contributed by atoms with Crippen molar-refractivity contribution in [1.29, 1.82) is 0 Å². The Hall–Kier alpha value is -0.890. The molecule has 1 aliphatic rings. The van der Waals surface area contributed by atoms with Crippen molar-refractivity contribution in [2.45, 2.75) is 38.6 Å². The molecule has 1 aromatic carbocycles. The third-order valence-corrected chi connectivity index (χ3v) is 3.38. The van der Waals surface area contributed by atoms with Crippen LogP contribution in [0.3, 0.4) is 0 Å². The van der Waals surface area contributed by atoms with Crippen molar-refractivity contribution in [2.75, 3.05) is 6.54 Å². The monoisotopic (exact) mass is 207 g/mol. The number of hydrogen-bond donors (Lipinski definition) is 1. The second kappa shape index (κ2) is 4.31. The summed E-state index contributed by atoms with van der Waals surface area (Å²) in [6.07, 6.45) is 2.02. The zero-order valence-electron chi connectivity index (χ0n) is 9.39. The third-order valence-electron chi connectivity index (χ3n) is 3.38. The fourth-order valence-electron chi connectivity index (χ4n) is 2.50. The molecule has 2 heteroatoms. The maximum atomic E-state index is 13.8. The zero-order chi connectivity index (χ0) is 10.8. The molecule has 1 N–H and O–H groups in total. The summed E-state index contributed by atoms with van der Waals surface area (Å²) < 4.78 is 13.8. The van der Waals surface area contributed by atoms with E-state index in [0.29, 0.717) is 12.0 Å². The summed E-state index contributed by atoms with van der Waals surface area (Å²) in [6.45, 7) is 5.16. The summed E-state index contributed by atoms with van der Waals surface area (Å²) in [5.41, 5.74) is 2.11. The van der Waals surface area contributed by atoms with E-state index in [4.69, 9.17) is 0 Å². The second-order valence-corrected chi connectivity index (χ2v) is 4.22. The molecule has 2 unspecified atom stereocenters. The molecule has 2 rings (SSSR count). The van der Waals surface area contributed by atoms with Crippen LogP contribution in [0.1, 0.15) is 49.8 Å². The minimum absolute atomic E-state index is 0.0284. The van der Waals surface area contributed by atoms with E-state index < -0.39 is 0 Å². The quantitative estimate of drug-likeness (QED) is 0.784. The molecule has 0 amide bonds. The van der Waals surface area contributed by atoms with E-state index in [9.17, 15) is 4.39 Å². The Labute approximate surface area is 90.7 Å². The van der Waals surface area contributed by atoms with Crippen LogP contribution in [0.4, 0.5) is 4.39 Å². The van der Waals surface area contributed by atoms with Gasteiger partial charge in [-0.3, -0.25) is 0 Å². The molecule has 0 spiro atoms. The first-order chi connectivity index (χ1) is 7.27. The van der Waals surface area contributed by atoms with Gasteiger partial charge in [-0.2, -0.15) is 0 Å². The van der Waals surface area contributed by atoms with Crippen LogP contribution in [0.2, 0.25) is 0 Å². The lowest BCUT2D eigenvalue weighted by Gasteiger charge is -2.32. The second-order valence-electron chi connectivity index (χ2n) is 4.22. The summed E-state index contributed by atoms with van der Waals surface area (Å²) in [7, 11) is 0. The van der Waals surface area contributed by atoms with E-state index in [0.717, 1.165) is 30.5 Å². The van der Waals surface area contributed by atoms with E-state index >= 15 is 0 Å². The van der Waals surface area contributed by atoms with Crippen LogP contribution in [0.5, 0.6) is 0 Å². The first-order valence-corrected chi connectivity index (χ1v) is 5.79. The van der Waals surface area contributed by atoms with Crippen LogP contribution in [-0.2, 0) is 0 Å². The molecular weight excluding hydrogens is 189 g/mol. The molecule has 0 radical (unpaired) electrons. The van der Waals surface area contributed by atoms with Crippen LogP contribution < -0.4 is 5.32 Å². The van der Waals surface area contributed by atoms with E-state index in [1.807, 2.05) is 6.07 Å². The van der Waals surface area contributed by atoms with Crippen LogP contribution in [0, 0.1) is 5.82 Å². The SMILES string of the molecule is CCC1CNC(CC)c2cccc(F)c21. The van der Waals surface area contributed by atoms with Crippen molar-refractivity contribution in [3.05, 3.63) is 35.1 Å². The maximum Gasteiger partial charge on any atom is 0.127 e. The lowest BCUT2D eigenvalue weighted by Crippen LogP contribution is -2.33. The smallest absolute Gasteiger partial charge is 0.127 e. The van der Waals surface area contributed by atoms with Crippen LogP contribution in [-0.4, -0.2) is 6.54 Å². The molecule has 0 bridgehead atoms. The van der Waals surface area contributed by atoms with Gasteiger partial charge in [0.25, 0.3) is 0 Å². The molecule has 0 saturated heterocycles. The summed E-state index contributed by atoms with van der Waals surface area (Å²) >= 11 is 0. The number of rotatable bonds is 2. The van der Waals surface area contributed by atoms with E-state index in [1.165, 1.54) is 0 Å². The standard InChI is InChI=1S/C13H18FN/c1-3-9-8-15-12(4-2)10-6-5-7-11(14)13(9)10/h5-7,9,12,15H,3-4,8H2,1-2H3. The average Bonchev–Trinajstić information content (AvgIpc) is 2.28. The molecule has 1 heterocycles.